The van der Waals surface area contributed by atoms with Gasteiger partial charge in [-0.05, 0) is 79.4 Å². The third kappa shape index (κ3) is 10.7. The zero-order valence-corrected chi connectivity index (χ0v) is 25.8. The monoisotopic (exact) mass is 672 g/mol. The van der Waals surface area contributed by atoms with E-state index in [9.17, 15) is 40.3 Å². The predicted molar refractivity (Wildman–Crippen MR) is 159 cm³/mol. The molecule has 0 saturated heterocycles. The van der Waals surface area contributed by atoms with E-state index < -0.39 is 43.8 Å². The van der Waals surface area contributed by atoms with Crippen molar-refractivity contribution in [2.24, 2.45) is 0 Å². The summed E-state index contributed by atoms with van der Waals surface area (Å²) >= 11 is 0. The molecule has 6 nitrogen and oxygen atoms in total. The first-order valence-corrected chi connectivity index (χ1v) is 14.9. The van der Waals surface area contributed by atoms with Gasteiger partial charge in [-0.2, -0.15) is 30.7 Å². The summed E-state index contributed by atoms with van der Waals surface area (Å²) in [6.07, 6.45) is -1.34. The van der Waals surface area contributed by atoms with E-state index in [0.29, 0.717) is 5.56 Å². The van der Waals surface area contributed by atoms with Crippen molar-refractivity contribution in [1.82, 2.24) is 0 Å². The molecular formula is C34H35F7O6. The van der Waals surface area contributed by atoms with Gasteiger partial charge < -0.3 is 18.9 Å². The van der Waals surface area contributed by atoms with Crippen LogP contribution in [0.4, 0.5) is 30.7 Å². The molecule has 3 aromatic rings. The van der Waals surface area contributed by atoms with Gasteiger partial charge in [0.25, 0.3) is 0 Å². The van der Waals surface area contributed by atoms with Crippen LogP contribution >= 0.6 is 0 Å². The molecule has 256 valence electrons. The molecule has 0 fully saturated rings. The quantitative estimate of drug-likeness (QED) is 0.0616. The zero-order valence-electron chi connectivity index (χ0n) is 25.8. The fourth-order valence-electron chi connectivity index (χ4n) is 4.25. The third-order valence-corrected chi connectivity index (χ3v) is 6.98. The molecule has 0 aliphatic heterocycles. The van der Waals surface area contributed by atoms with Crippen molar-refractivity contribution in [3.8, 4) is 22.6 Å². The van der Waals surface area contributed by atoms with E-state index in [1.54, 1.807) is 48.5 Å². The number of unbranched alkanes of at least 4 members (excludes halogenated alkanes) is 3. The van der Waals surface area contributed by atoms with Gasteiger partial charge in [-0.3, -0.25) is 0 Å². The van der Waals surface area contributed by atoms with Crippen LogP contribution in [0.25, 0.3) is 11.1 Å². The molecule has 0 aliphatic rings. The molecule has 0 radical (unpaired) electrons. The molecule has 3 aromatic carbocycles. The maximum absolute atomic E-state index is 13.2. The summed E-state index contributed by atoms with van der Waals surface area (Å²) in [6.45, 7) is 0.740. The minimum atomic E-state index is -6.43. The van der Waals surface area contributed by atoms with E-state index in [1.165, 1.54) is 24.3 Å². The molecule has 0 amide bonds. The maximum Gasteiger partial charge on any atom is 0.459 e. The first-order valence-electron chi connectivity index (χ1n) is 14.9. The fourth-order valence-corrected chi connectivity index (χ4v) is 4.25. The average molecular weight is 673 g/mol. The standard InChI is InChI=1S/C34H35F7O6/c1-3-4-5-6-7-23(2)46-30(42)26-10-8-24(9-11-26)25-12-18-29(19-13-25)47-31(43)27-14-16-28(17-15-27)45-21-20-44-22-32(35,36)33(37,38)34(39,40)41/h8-19,23H,3-7,20-22H2,1-2H3/t23-/m1/s1. The highest BCUT2D eigenvalue weighted by atomic mass is 19.4. The third-order valence-electron chi connectivity index (χ3n) is 6.98. The molecule has 13 heteroatoms. The second kappa shape index (κ2) is 16.6. The number of rotatable bonds is 17. The Morgan fingerprint density at radius 1 is 0.681 bits per heavy atom. The van der Waals surface area contributed by atoms with Crippen molar-refractivity contribution in [3.05, 3.63) is 83.9 Å². The Labute approximate surface area is 267 Å². The van der Waals surface area contributed by atoms with Crippen LogP contribution < -0.4 is 9.47 Å². The molecule has 0 N–H and O–H groups in total. The first-order chi connectivity index (χ1) is 22.1. The van der Waals surface area contributed by atoms with E-state index >= 15 is 0 Å². The topological polar surface area (TPSA) is 71.1 Å². The number of hydrogen-bond acceptors (Lipinski definition) is 6. The van der Waals surface area contributed by atoms with Crippen molar-refractivity contribution in [2.45, 2.75) is 70.1 Å². The molecule has 0 spiro atoms. The molecule has 1 atom stereocenters. The number of benzene rings is 3. The molecule has 47 heavy (non-hydrogen) atoms. The van der Waals surface area contributed by atoms with E-state index in [0.717, 1.165) is 43.2 Å². The molecule has 0 saturated carbocycles. The van der Waals surface area contributed by atoms with Gasteiger partial charge in [-0.25, -0.2) is 9.59 Å². The van der Waals surface area contributed by atoms with E-state index in [-0.39, 0.29) is 29.1 Å². The van der Waals surface area contributed by atoms with E-state index in [4.69, 9.17) is 14.2 Å². The molecule has 0 unspecified atom stereocenters. The largest absolute Gasteiger partial charge is 0.491 e. The minimum absolute atomic E-state index is 0.143. The molecule has 0 bridgehead atoms. The van der Waals surface area contributed by atoms with Crippen LogP contribution in [0.15, 0.2) is 72.8 Å². The zero-order chi connectivity index (χ0) is 34.7. The molecule has 0 aromatic heterocycles. The van der Waals surface area contributed by atoms with Crippen molar-refractivity contribution in [1.29, 1.82) is 0 Å². The second-order valence-corrected chi connectivity index (χ2v) is 10.8. The van der Waals surface area contributed by atoms with Crippen LogP contribution in [0.5, 0.6) is 11.5 Å². The highest BCUT2D eigenvalue weighted by Crippen LogP contribution is 2.46. The number of carbonyl (C=O) groups is 2. The number of carbonyl (C=O) groups excluding carboxylic acids is 2. The van der Waals surface area contributed by atoms with Gasteiger partial charge in [-0.1, -0.05) is 50.5 Å². The van der Waals surface area contributed by atoms with Crippen LogP contribution in [-0.2, 0) is 9.47 Å². The highest BCUT2D eigenvalue weighted by molar-refractivity contribution is 5.91. The summed E-state index contributed by atoms with van der Waals surface area (Å²) < 4.78 is 109. The normalized spacial score (nSPS) is 12.8. The van der Waals surface area contributed by atoms with Crippen molar-refractivity contribution in [2.75, 3.05) is 19.8 Å². The van der Waals surface area contributed by atoms with Crippen LogP contribution in [0.1, 0.15) is 66.7 Å². The summed E-state index contributed by atoms with van der Waals surface area (Å²) in [5.41, 5.74) is 2.24. The van der Waals surface area contributed by atoms with Gasteiger partial charge in [0.05, 0.1) is 23.8 Å². The van der Waals surface area contributed by atoms with Crippen LogP contribution in [0.2, 0.25) is 0 Å². The van der Waals surface area contributed by atoms with E-state index in [2.05, 4.69) is 11.7 Å². The predicted octanol–water partition coefficient (Wildman–Crippen LogP) is 9.32. The summed E-state index contributed by atoms with van der Waals surface area (Å²) in [6, 6.07) is 19.0. The van der Waals surface area contributed by atoms with Gasteiger partial charge in [0, 0.05) is 0 Å². The Bertz CT molecular complexity index is 1420. The molecule has 0 heterocycles. The number of alkyl halides is 7. The molecule has 0 aliphatic carbocycles. The van der Waals surface area contributed by atoms with Crippen LogP contribution in [-0.4, -0.2) is 55.9 Å². The fraction of sp³-hybridized carbons (Fsp3) is 0.412. The number of hydrogen-bond donors (Lipinski definition) is 0. The van der Waals surface area contributed by atoms with Crippen molar-refractivity contribution in [3.63, 3.8) is 0 Å². The number of ether oxygens (including phenoxy) is 4. The van der Waals surface area contributed by atoms with Crippen LogP contribution in [0.3, 0.4) is 0 Å². The number of halogens is 7. The summed E-state index contributed by atoms with van der Waals surface area (Å²) in [5.74, 6) is -12.4. The van der Waals surface area contributed by atoms with E-state index in [1.807, 2.05) is 6.92 Å². The molecular weight excluding hydrogens is 637 g/mol. The lowest BCUT2D eigenvalue weighted by Gasteiger charge is -2.27. The van der Waals surface area contributed by atoms with Gasteiger partial charge in [0.1, 0.15) is 24.7 Å². The summed E-state index contributed by atoms with van der Waals surface area (Å²) in [5, 5.41) is 0. The van der Waals surface area contributed by atoms with Crippen LogP contribution in [0, 0.1) is 0 Å². The lowest BCUT2D eigenvalue weighted by Crippen LogP contribution is -2.54. The maximum atomic E-state index is 13.2. The van der Waals surface area contributed by atoms with Gasteiger partial charge in [0.2, 0.25) is 0 Å². The lowest BCUT2D eigenvalue weighted by atomic mass is 10.0. The Hall–Kier alpha value is -4.13. The van der Waals surface area contributed by atoms with Gasteiger partial charge in [-0.15, -0.1) is 0 Å². The second-order valence-electron chi connectivity index (χ2n) is 10.8. The summed E-state index contributed by atoms with van der Waals surface area (Å²) in [4.78, 5) is 25.0. The Morgan fingerprint density at radius 2 is 1.21 bits per heavy atom. The Balaban J connectivity index is 1.44. The lowest BCUT2D eigenvalue weighted by molar-refractivity contribution is -0.361. The Morgan fingerprint density at radius 3 is 1.79 bits per heavy atom. The average Bonchev–Trinajstić information content (AvgIpc) is 3.03. The Kier molecular flexibility index (Phi) is 13.2. The first kappa shape index (κ1) is 37.3. The van der Waals surface area contributed by atoms with Gasteiger partial charge >= 0.3 is 30.0 Å². The van der Waals surface area contributed by atoms with Gasteiger partial charge in [0.15, 0.2) is 0 Å². The molecule has 3 rings (SSSR count). The summed E-state index contributed by atoms with van der Waals surface area (Å²) in [7, 11) is 0. The number of esters is 2. The smallest absolute Gasteiger partial charge is 0.459 e. The highest BCUT2D eigenvalue weighted by Gasteiger charge is 2.73. The minimum Gasteiger partial charge on any atom is -0.491 e. The van der Waals surface area contributed by atoms with Crippen molar-refractivity contribution >= 4 is 11.9 Å². The SMILES string of the molecule is CCCCCC[C@@H](C)OC(=O)c1ccc(-c2ccc(OC(=O)c3ccc(OCCOCC(F)(F)C(F)(F)C(F)(F)F)cc3)cc2)cc1. The van der Waals surface area contributed by atoms with Crippen molar-refractivity contribution < 1.29 is 59.3 Å².